The van der Waals surface area contributed by atoms with Gasteiger partial charge in [-0.3, -0.25) is 4.79 Å². The Bertz CT molecular complexity index is 1460. The minimum Gasteiger partial charge on any atom is -0.497 e. The largest absolute Gasteiger partial charge is 0.497 e. The number of fused-ring (bicyclic) bond motifs is 1. The molecule has 39 heavy (non-hydrogen) atoms. The number of benzene rings is 2. The highest BCUT2D eigenvalue weighted by atomic mass is 32.2. The van der Waals surface area contributed by atoms with Crippen molar-refractivity contribution >= 4 is 37.4 Å². The van der Waals surface area contributed by atoms with E-state index in [9.17, 15) is 18.3 Å². The highest BCUT2D eigenvalue weighted by Crippen LogP contribution is 2.38. The zero-order valence-electron chi connectivity index (χ0n) is 21.4. The summed E-state index contributed by atoms with van der Waals surface area (Å²) in [7, 11) is -2.40. The van der Waals surface area contributed by atoms with Crippen LogP contribution >= 0.6 is 11.3 Å². The first-order valence-electron chi connectivity index (χ1n) is 12.3. The van der Waals surface area contributed by atoms with Crippen molar-refractivity contribution in [3.8, 4) is 18.1 Å². The monoisotopic (exact) mass is 570 g/mol. The van der Waals surface area contributed by atoms with Gasteiger partial charge in [0.15, 0.2) is 5.76 Å². The van der Waals surface area contributed by atoms with Crippen molar-refractivity contribution in [2.45, 2.75) is 23.5 Å². The van der Waals surface area contributed by atoms with E-state index in [0.717, 1.165) is 20.0 Å². The average Bonchev–Trinajstić information content (AvgIpc) is 3.39. The minimum absolute atomic E-state index is 0.0174. The van der Waals surface area contributed by atoms with Gasteiger partial charge in [-0.25, -0.2) is 8.42 Å². The summed E-state index contributed by atoms with van der Waals surface area (Å²) in [6.45, 7) is -0.451. The molecule has 1 amide bonds. The Balaban J connectivity index is 1.49. The summed E-state index contributed by atoms with van der Waals surface area (Å²) in [5.41, 5.74) is 1.05. The van der Waals surface area contributed by atoms with Crippen molar-refractivity contribution in [2.24, 2.45) is 0 Å². The second-order valence-electron chi connectivity index (χ2n) is 8.67. The Morgan fingerprint density at radius 2 is 2.00 bits per heavy atom. The molecule has 0 saturated carbocycles. The van der Waals surface area contributed by atoms with Crippen molar-refractivity contribution < 1.29 is 32.5 Å². The average molecular weight is 571 g/mol. The van der Waals surface area contributed by atoms with Crippen molar-refractivity contribution in [2.75, 3.05) is 40.0 Å². The number of hydrogen-bond donors (Lipinski definition) is 2. The van der Waals surface area contributed by atoms with Gasteiger partial charge in [0.25, 0.3) is 5.91 Å². The summed E-state index contributed by atoms with van der Waals surface area (Å²) in [6, 6.07) is 14.0. The van der Waals surface area contributed by atoms with E-state index in [0.29, 0.717) is 12.2 Å². The second kappa shape index (κ2) is 13.1. The van der Waals surface area contributed by atoms with Crippen LogP contribution in [0.5, 0.6) is 5.75 Å². The second-order valence-corrected chi connectivity index (χ2v) is 11.5. The fourth-order valence-corrected chi connectivity index (χ4v) is 6.73. The van der Waals surface area contributed by atoms with Gasteiger partial charge < -0.3 is 24.6 Å². The lowest BCUT2D eigenvalue weighted by Gasteiger charge is -2.30. The third-order valence-corrected chi connectivity index (χ3v) is 9.13. The van der Waals surface area contributed by atoms with Crippen LogP contribution in [0.15, 0.2) is 70.6 Å². The van der Waals surface area contributed by atoms with E-state index in [-0.39, 0.29) is 49.4 Å². The standard InChI is InChI=1S/C28H30N2O7S2/c1-3-12-29-28(32)25-17-20(24-19-38-26-7-5-4-6-23(24)26)18-27(37-25)36-16-14-30(13-15-31)39(33,34)22-10-8-21(35-2)9-11-22/h1,4-11,17,19-20,27,31H,12-16,18H2,2H3,(H,29,32)/t20-,27+/m0/s1. The molecule has 0 spiro atoms. The molecule has 2 aromatic carbocycles. The van der Waals surface area contributed by atoms with Crippen molar-refractivity contribution in [3.63, 3.8) is 0 Å². The Morgan fingerprint density at radius 3 is 2.72 bits per heavy atom. The Labute approximate surface area is 232 Å². The van der Waals surface area contributed by atoms with Gasteiger partial charge in [0, 0.05) is 30.1 Å². The number of nitrogens with zero attached hydrogens (tertiary/aromatic N) is 1. The first-order valence-corrected chi connectivity index (χ1v) is 14.6. The number of nitrogens with one attached hydrogen (secondary N) is 1. The van der Waals surface area contributed by atoms with Crippen LogP contribution < -0.4 is 10.1 Å². The number of allylic oxidation sites excluding steroid dienone is 1. The van der Waals surface area contributed by atoms with E-state index >= 15 is 0 Å². The number of rotatable bonds is 12. The van der Waals surface area contributed by atoms with Gasteiger partial charge in [-0.05, 0) is 52.7 Å². The number of aliphatic hydroxyl groups is 1. The molecule has 11 heteroatoms. The van der Waals surface area contributed by atoms with Gasteiger partial charge in [0.1, 0.15) is 5.75 Å². The van der Waals surface area contributed by atoms with Crippen LogP contribution in [0.3, 0.4) is 0 Å². The van der Waals surface area contributed by atoms with Gasteiger partial charge >= 0.3 is 0 Å². The Morgan fingerprint density at radius 1 is 1.23 bits per heavy atom. The zero-order chi connectivity index (χ0) is 27.8. The number of sulfonamides is 1. The molecule has 2 N–H and O–H groups in total. The lowest BCUT2D eigenvalue weighted by molar-refractivity contribution is -0.146. The maximum Gasteiger partial charge on any atom is 0.286 e. The molecule has 4 rings (SSSR count). The molecule has 0 aliphatic carbocycles. The molecule has 3 aromatic rings. The molecule has 0 fully saturated rings. The summed E-state index contributed by atoms with van der Waals surface area (Å²) in [4.78, 5) is 12.8. The molecule has 1 aromatic heterocycles. The molecule has 206 valence electrons. The molecule has 0 bridgehead atoms. The normalized spacial score (nSPS) is 17.3. The van der Waals surface area contributed by atoms with Crippen LogP contribution in [-0.4, -0.2) is 70.0 Å². The van der Waals surface area contributed by atoms with E-state index in [1.54, 1.807) is 29.5 Å². The first kappa shape index (κ1) is 28.6. The van der Waals surface area contributed by atoms with E-state index in [4.69, 9.17) is 20.6 Å². The smallest absolute Gasteiger partial charge is 0.286 e. The summed E-state index contributed by atoms with van der Waals surface area (Å²) in [5.74, 6) is 2.39. The number of terminal acetylenes is 1. The SMILES string of the molecule is C#CCNC(=O)C1=C[C@H](c2csc3ccccc23)C[C@H](OCCN(CCO)S(=O)(=O)c2ccc(OC)cc2)O1. The van der Waals surface area contributed by atoms with Gasteiger partial charge in [-0.15, -0.1) is 17.8 Å². The van der Waals surface area contributed by atoms with Crippen LogP contribution in [0, 0.1) is 12.3 Å². The maximum atomic E-state index is 13.2. The molecule has 0 saturated heterocycles. The van der Waals surface area contributed by atoms with Crippen molar-refractivity contribution in [3.05, 3.63) is 71.3 Å². The van der Waals surface area contributed by atoms with Crippen LogP contribution in [0.4, 0.5) is 0 Å². The van der Waals surface area contributed by atoms with Crippen LogP contribution in [-0.2, 0) is 24.3 Å². The van der Waals surface area contributed by atoms with E-state index in [1.165, 1.54) is 19.2 Å². The van der Waals surface area contributed by atoms with Gasteiger partial charge in [-0.2, -0.15) is 4.31 Å². The lowest BCUT2D eigenvalue weighted by Crippen LogP contribution is -2.38. The highest BCUT2D eigenvalue weighted by molar-refractivity contribution is 7.89. The van der Waals surface area contributed by atoms with Crippen LogP contribution in [0.25, 0.3) is 10.1 Å². The summed E-state index contributed by atoms with van der Waals surface area (Å²) in [6.07, 6.45) is 6.68. The van der Waals surface area contributed by atoms with Gasteiger partial charge in [0.2, 0.25) is 16.3 Å². The van der Waals surface area contributed by atoms with Gasteiger partial charge in [0.05, 0.1) is 31.8 Å². The van der Waals surface area contributed by atoms with E-state index < -0.39 is 22.2 Å². The number of thiophene rings is 1. The Hall–Kier alpha value is -3.40. The first-order chi connectivity index (χ1) is 18.9. The predicted molar refractivity (Wildman–Crippen MR) is 149 cm³/mol. The van der Waals surface area contributed by atoms with Crippen molar-refractivity contribution in [1.82, 2.24) is 9.62 Å². The van der Waals surface area contributed by atoms with E-state index in [1.807, 2.05) is 24.3 Å². The quantitative estimate of drug-likeness (QED) is 0.322. The third kappa shape index (κ3) is 6.79. The predicted octanol–water partition coefficient (Wildman–Crippen LogP) is 3.07. The number of ether oxygens (including phenoxy) is 3. The van der Waals surface area contributed by atoms with Crippen molar-refractivity contribution in [1.29, 1.82) is 0 Å². The molecule has 2 heterocycles. The Kier molecular flexibility index (Phi) is 9.61. The van der Waals surface area contributed by atoms with E-state index in [2.05, 4.69) is 16.6 Å². The molecule has 0 unspecified atom stereocenters. The number of aliphatic hydroxyl groups excluding tert-OH is 1. The van der Waals surface area contributed by atoms with Crippen LogP contribution in [0.1, 0.15) is 17.9 Å². The molecule has 1 aliphatic heterocycles. The van der Waals surface area contributed by atoms with Crippen LogP contribution in [0.2, 0.25) is 0 Å². The summed E-state index contributed by atoms with van der Waals surface area (Å²) < 4.78 is 45.6. The maximum absolute atomic E-state index is 13.2. The number of carbonyl (C=O) groups is 1. The fraction of sp³-hybridized carbons (Fsp3) is 0.321. The molecular weight excluding hydrogens is 540 g/mol. The molecule has 9 nitrogen and oxygen atoms in total. The number of carbonyl (C=O) groups excluding carboxylic acids is 1. The minimum atomic E-state index is -3.89. The molecular formula is C28H30N2O7S2. The third-order valence-electron chi connectivity index (χ3n) is 6.23. The molecule has 0 radical (unpaired) electrons. The van der Waals surface area contributed by atoms with Gasteiger partial charge in [-0.1, -0.05) is 24.1 Å². The summed E-state index contributed by atoms with van der Waals surface area (Å²) in [5, 5.41) is 15.3. The topological polar surface area (TPSA) is 114 Å². The highest BCUT2D eigenvalue weighted by Gasteiger charge is 2.31. The summed E-state index contributed by atoms with van der Waals surface area (Å²) >= 11 is 1.62. The molecule has 2 atom stereocenters. The zero-order valence-corrected chi connectivity index (χ0v) is 23.0. The fourth-order valence-electron chi connectivity index (χ4n) is 4.29. The number of hydrogen-bond acceptors (Lipinski definition) is 8. The number of amides is 1. The lowest BCUT2D eigenvalue weighted by atomic mass is 9.92. The number of methoxy groups -OCH3 is 1. The molecule has 1 aliphatic rings.